The van der Waals surface area contributed by atoms with Crippen LogP contribution in [0.25, 0.3) is 0 Å². The minimum atomic E-state index is -4.77. The fraction of sp³-hybridized carbons (Fsp3) is 0.0769. The third kappa shape index (κ3) is 4.44. The number of rotatable bonds is 3. The number of nitrogens with one attached hydrogen (secondary N) is 1. The van der Waals surface area contributed by atoms with Crippen molar-refractivity contribution in [2.45, 2.75) is 6.36 Å². The number of alkyl halides is 3. The van der Waals surface area contributed by atoms with Crippen LogP contribution in [0.4, 0.5) is 23.2 Å². The first-order valence-electron chi connectivity index (χ1n) is 5.62. The summed E-state index contributed by atoms with van der Waals surface area (Å²) in [5, 5.41) is 2.43. The Hall–Kier alpha value is -2.64. The van der Waals surface area contributed by atoms with Crippen LogP contribution in [0.15, 0.2) is 42.6 Å². The number of pyridine rings is 1. The first-order chi connectivity index (χ1) is 9.83. The minimum Gasteiger partial charge on any atom is -0.406 e. The Bertz CT molecular complexity index is 624. The highest BCUT2D eigenvalue weighted by molar-refractivity contribution is 6.04. The van der Waals surface area contributed by atoms with Gasteiger partial charge in [0.15, 0.2) is 0 Å². The molecule has 21 heavy (non-hydrogen) atoms. The first-order valence-corrected chi connectivity index (χ1v) is 5.62. The van der Waals surface area contributed by atoms with Gasteiger partial charge in [0.2, 0.25) is 5.95 Å². The number of hydrogen-bond acceptors (Lipinski definition) is 3. The van der Waals surface area contributed by atoms with Crippen LogP contribution in [0.1, 0.15) is 10.4 Å². The molecule has 8 heteroatoms. The molecule has 0 saturated heterocycles. The molecule has 1 amide bonds. The SMILES string of the molecule is O=C(Nc1ccc(OC(F)(F)F)cc1)c1ccc(F)nc1. The summed E-state index contributed by atoms with van der Waals surface area (Å²) in [6.07, 6.45) is -3.73. The smallest absolute Gasteiger partial charge is 0.406 e. The van der Waals surface area contributed by atoms with Crippen LogP contribution in [0, 0.1) is 5.95 Å². The second kappa shape index (κ2) is 5.78. The van der Waals surface area contributed by atoms with Crippen molar-refractivity contribution in [1.29, 1.82) is 0 Å². The number of anilines is 1. The molecule has 1 aromatic carbocycles. The Balaban J connectivity index is 2.03. The fourth-order valence-corrected chi connectivity index (χ4v) is 1.45. The predicted molar refractivity (Wildman–Crippen MR) is 65.3 cm³/mol. The highest BCUT2D eigenvalue weighted by Gasteiger charge is 2.30. The van der Waals surface area contributed by atoms with E-state index in [1.807, 2.05) is 0 Å². The van der Waals surface area contributed by atoms with Gasteiger partial charge >= 0.3 is 6.36 Å². The summed E-state index contributed by atoms with van der Waals surface area (Å²) in [5.74, 6) is -1.68. The van der Waals surface area contributed by atoms with Crippen molar-refractivity contribution < 1.29 is 27.1 Å². The van der Waals surface area contributed by atoms with E-state index in [0.717, 1.165) is 24.4 Å². The van der Waals surface area contributed by atoms with Crippen LogP contribution in [0.2, 0.25) is 0 Å². The quantitative estimate of drug-likeness (QED) is 0.698. The molecule has 0 atom stereocenters. The van der Waals surface area contributed by atoms with Gasteiger partial charge in [0, 0.05) is 11.9 Å². The first kappa shape index (κ1) is 14.8. The second-order valence-corrected chi connectivity index (χ2v) is 3.90. The number of ether oxygens (including phenoxy) is 1. The Morgan fingerprint density at radius 3 is 2.29 bits per heavy atom. The maximum Gasteiger partial charge on any atom is 0.573 e. The Morgan fingerprint density at radius 2 is 1.76 bits per heavy atom. The number of amides is 1. The van der Waals surface area contributed by atoms with Gasteiger partial charge in [0.25, 0.3) is 5.91 Å². The summed E-state index contributed by atoms with van der Waals surface area (Å²) >= 11 is 0. The highest BCUT2D eigenvalue weighted by Crippen LogP contribution is 2.24. The van der Waals surface area contributed by atoms with Crippen LogP contribution in [-0.4, -0.2) is 17.3 Å². The molecule has 0 saturated carbocycles. The molecule has 110 valence electrons. The van der Waals surface area contributed by atoms with Gasteiger partial charge < -0.3 is 10.1 Å². The van der Waals surface area contributed by atoms with E-state index in [4.69, 9.17) is 0 Å². The van der Waals surface area contributed by atoms with E-state index in [-0.39, 0.29) is 11.3 Å². The molecule has 0 radical (unpaired) electrons. The summed E-state index contributed by atoms with van der Waals surface area (Å²) in [4.78, 5) is 15.1. The number of nitrogens with zero attached hydrogens (tertiary/aromatic N) is 1. The third-order valence-electron chi connectivity index (χ3n) is 2.34. The number of carbonyl (C=O) groups is 1. The van der Waals surface area contributed by atoms with Crippen LogP contribution < -0.4 is 10.1 Å². The van der Waals surface area contributed by atoms with Crippen molar-refractivity contribution in [3.05, 3.63) is 54.1 Å². The molecule has 0 aliphatic carbocycles. The molecule has 0 aliphatic rings. The Labute approximate surface area is 116 Å². The molecule has 1 heterocycles. The number of halogens is 4. The fourth-order valence-electron chi connectivity index (χ4n) is 1.45. The predicted octanol–water partition coefficient (Wildman–Crippen LogP) is 3.37. The molecule has 1 N–H and O–H groups in total. The maximum absolute atomic E-state index is 12.6. The van der Waals surface area contributed by atoms with E-state index >= 15 is 0 Å². The summed E-state index contributed by atoms with van der Waals surface area (Å²) in [6, 6.07) is 6.87. The van der Waals surface area contributed by atoms with Crippen molar-refractivity contribution in [2.75, 3.05) is 5.32 Å². The lowest BCUT2D eigenvalue weighted by Gasteiger charge is -2.09. The molecule has 0 bridgehead atoms. The average Bonchev–Trinajstić information content (AvgIpc) is 2.40. The molecule has 2 aromatic rings. The number of aromatic nitrogens is 1. The van der Waals surface area contributed by atoms with E-state index in [9.17, 15) is 22.4 Å². The van der Waals surface area contributed by atoms with Gasteiger partial charge in [0.1, 0.15) is 5.75 Å². The molecule has 1 aromatic heterocycles. The normalized spacial score (nSPS) is 11.0. The van der Waals surface area contributed by atoms with Gasteiger partial charge in [-0.25, -0.2) is 4.98 Å². The van der Waals surface area contributed by atoms with Crippen LogP contribution >= 0.6 is 0 Å². The molecular weight excluding hydrogens is 292 g/mol. The van der Waals surface area contributed by atoms with E-state index < -0.39 is 24.0 Å². The standard InChI is InChI=1S/C13H8F4N2O2/c14-11-6-1-8(7-18-11)12(20)19-9-2-4-10(5-3-9)21-13(15,16)17/h1-7H,(H,19,20). The largest absolute Gasteiger partial charge is 0.573 e. The molecule has 0 spiro atoms. The zero-order valence-corrected chi connectivity index (χ0v) is 10.3. The maximum atomic E-state index is 12.6. The highest BCUT2D eigenvalue weighted by atomic mass is 19.4. The van der Waals surface area contributed by atoms with Crippen molar-refractivity contribution in [1.82, 2.24) is 4.98 Å². The van der Waals surface area contributed by atoms with Gasteiger partial charge in [-0.2, -0.15) is 4.39 Å². The molecule has 0 unspecified atom stereocenters. The summed E-state index contributed by atoms with van der Waals surface area (Å²) in [5.41, 5.74) is 0.380. The minimum absolute atomic E-state index is 0.118. The van der Waals surface area contributed by atoms with Gasteiger partial charge in [-0.3, -0.25) is 4.79 Å². The zero-order chi connectivity index (χ0) is 15.5. The zero-order valence-electron chi connectivity index (χ0n) is 10.3. The molecule has 4 nitrogen and oxygen atoms in total. The van der Waals surface area contributed by atoms with Crippen molar-refractivity contribution in [3.8, 4) is 5.75 Å². The third-order valence-corrected chi connectivity index (χ3v) is 2.34. The van der Waals surface area contributed by atoms with Gasteiger partial charge in [0.05, 0.1) is 5.56 Å². The molecule has 2 rings (SSSR count). The van der Waals surface area contributed by atoms with E-state index in [2.05, 4.69) is 15.0 Å². The molecule has 0 fully saturated rings. The van der Waals surface area contributed by atoms with Crippen LogP contribution in [0.3, 0.4) is 0 Å². The van der Waals surface area contributed by atoms with Crippen LogP contribution in [0.5, 0.6) is 5.75 Å². The van der Waals surface area contributed by atoms with Gasteiger partial charge in [-0.1, -0.05) is 0 Å². The number of hydrogen-bond donors (Lipinski definition) is 1. The lowest BCUT2D eigenvalue weighted by Crippen LogP contribution is -2.17. The van der Waals surface area contributed by atoms with E-state index in [1.165, 1.54) is 18.2 Å². The summed E-state index contributed by atoms with van der Waals surface area (Å²) in [7, 11) is 0. The van der Waals surface area contributed by atoms with Crippen molar-refractivity contribution >= 4 is 11.6 Å². The lowest BCUT2D eigenvalue weighted by molar-refractivity contribution is -0.274. The summed E-state index contributed by atoms with van der Waals surface area (Å²) < 4.78 is 52.2. The second-order valence-electron chi connectivity index (χ2n) is 3.90. The van der Waals surface area contributed by atoms with E-state index in [1.54, 1.807) is 0 Å². The Kier molecular flexibility index (Phi) is 4.06. The van der Waals surface area contributed by atoms with Crippen molar-refractivity contribution in [3.63, 3.8) is 0 Å². The molecule has 0 aliphatic heterocycles. The molecular formula is C13H8F4N2O2. The number of carbonyl (C=O) groups excluding carboxylic acids is 1. The van der Waals surface area contributed by atoms with Gasteiger partial charge in [-0.15, -0.1) is 13.2 Å². The summed E-state index contributed by atoms with van der Waals surface area (Å²) in [6.45, 7) is 0. The topological polar surface area (TPSA) is 51.2 Å². The average molecular weight is 300 g/mol. The number of benzene rings is 1. The lowest BCUT2D eigenvalue weighted by atomic mass is 10.2. The Morgan fingerprint density at radius 1 is 1.10 bits per heavy atom. The van der Waals surface area contributed by atoms with Crippen molar-refractivity contribution in [2.24, 2.45) is 0 Å². The monoisotopic (exact) mass is 300 g/mol. The van der Waals surface area contributed by atoms with Gasteiger partial charge in [-0.05, 0) is 36.4 Å². The van der Waals surface area contributed by atoms with Crippen LogP contribution in [-0.2, 0) is 0 Å². The van der Waals surface area contributed by atoms with E-state index in [0.29, 0.717) is 0 Å².